The van der Waals surface area contributed by atoms with E-state index in [9.17, 15) is 4.79 Å². The molecule has 1 aromatic carbocycles. The fourth-order valence-electron chi connectivity index (χ4n) is 3.47. The number of anilines is 3. The standard InChI is InChI=1S/C19H25ClN6O/c1-25(2)17-11-12-22-19(24-17)23-13-7-9-14(10-8-13)26(18(21)27)16-6-4-3-5-15(16)20/h3-6,11-14H,7-10H2,1-2H3,(H2,21,27)(H,22,23,24)/t13-,14+. The van der Waals surface area contributed by atoms with Crippen molar-refractivity contribution in [2.75, 3.05) is 29.2 Å². The van der Waals surface area contributed by atoms with Gasteiger partial charge >= 0.3 is 6.03 Å². The van der Waals surface area contributed by atoms with Crippen LogP contribution in [0, 0.1) is 0 Å². The van der Waals surface area contributed by atoms with Crippen LogP contribution in [0.5, 0.6) is 0 Å². The molecule has 7 nitrogen and oxygen atoms in total. The number of nitrogens with zero attached hydrogens (tertiary/aromatic N) is 4. The van der Waals surface area contributed by atoms with Gasteiger partial charge in [0.2, 0.25) is 5.95 Å². The zero-order valence-corrected chi connectivity index (χ0v) is 16.4. The van der Waals surface area contributed by atoms with Crippen molar-refractivity contribution in [1.82, 2.24) is 9.97 Å². The Kier molecular flexibility index (Phi) is 6.01. The summed E-state index contributed by atoms with van der Waals surface area (Å²) < 4.78 is 0. The van der Waals surface area contributed by atoms with Gasteiger partial charge in [0.15, 0.2) is 0 Å². The summed E-state index contributed by atoms with van der Waals surface area (Å²) in [5.74, 6) is 1.49. The number of nitrogens with two attached hydrogens (primary N) is 1. The van der Waals surface area contributed by atoms with E-state index in [2.05, 4.69) is 15.3 Å². The van der Waals surface area contributed by atoms with E-state index in [4.69, 9.17) is 17.3 Å². The number of aromatic nitrogens is 2. The van der Waals surface area contributed by atoms with E-state index in [1.165, 1.54) is 0 Å². The number of hydrogen-bond acceptors (Lipinski definition) is 5. The molecule has 2 amide bonds. The second kappa shape index (κ2) is 8.43. The smallest absolute Gasteiger partial charge is 0.319 e. The quantitative estimate of drug-likeness (QED) is 0.818. The van der Waals surface area contributed by atoms with E-state index < -0.39 is 6.03 Å². The normalized spacial score (nSPS) is 19.4. The van der Waals surface area contributed by atoms with Crippen molar-refractivity contribution >= 4 is 35.1 Å². The summed E-state index contributed by atoms with van der Waals surface area (Å²) in [6, 6.07) is 9.01. The largest absolute Gasteiger partial charge is 0.363 e. The van der Waals surface area contributed by atoms with Crippen molar-refractivity contribution in [3.63, 3.8) is 0 Å². The maximum atomic E-state index is 12.1. The molecule has 8 heteroatoms. The molecule has 1 fully saturated rings. The van der Waals surface area contributed by atoms with Crippen LogP contribution in [-0.4, -0.2) is 42.2 Å². The molecule has 0 spiro atoms. The third kappa shape index (κ3) is 4.60. The van der Waals surface area contributed by atoms with Gasteiger partial charge in [-0.1, -0.05) is 23.7 Å². The van der Waals surface area contributed by atoms with E-state index in [1.807, 2.05) is 43.3 Å². The second-order valence-electron chi connectivity index (χ2n) is 6.94. The Bertz CT molecular complexity index is 791. The van der Waals surface area contributed by atoms with Crippen LogP contribution in [0.25, 0.3) is 0 Å². The van der Waals surface area contributed by atoms with Gasteiger partial charge in [0.1, 0.15) is 5.82 Å². The first-order chi connectivity index (χ1) is 13.0. The Morgan fingerprint density at radius 3 is 2.52 bits per heavy atom. The average Bonchev–Trinajstić information content (AvgIpc) is 2.65. The molecule has 1 aromatic heterocycles. The van der Waals surface area contributed by atoms with E-state index in [0.29, 0.717) is 16.7 Å². The van der Waals surface area contributed by atoms with Crippen LogP contribution in [-0.2, 0) is 0 Å². The van der Waals surface area contributed by atoms with E-state index >= 15 is 0 Å². The highest BCUT2D eigenvalue weighted by molar-refractivity contribution is 6.33. The highest BCUT2D eigenvalue weighted by Gasteiger charge is 2.30. The average molecular weight is 389 g/mol. The molecule has 3 rings (SSSR count). The summed E-state index contributed by atoms with van der Waals surface area (Å²) in [5.41, 5.74) is 6.33. The molecule has 0 saturated heterocycles. The first-order valence-corrected chi connectivity index (χ1v) is 9.43. The molecule has 1 aliphatic carbocycles. The van der Waals surface area contributed by atoms with Crippen LogP contribution in [0.15, 0.2) is 36.5 Å². The number of carbonyl (C=O) groups excluding carboxylic acids is 1. The molecule has 1 aliphatic rings. The second-order valence-corrected chi connectivity index (χ2v) is 7.35. The predicted molar refractivity (Wildman–Crippen MR) is 110 cm³/mol. The number of carbonyl (C=O) groups is 1. The van der Waals surface area contributed by atoms with Crippen LogP contribution >= 0.6 is 11.6 Å². The lowest BCUT2D eigenvalue weighted by Gasteiger charge is -2.36. The van der Waals surface area contributed by atoms with Gasteiger partial charge in [-0.3, -0.25) is 4.90 Å². The Hall–Kier alpha value is -2.54. The van der Waals surface area contributed by atoms with Gasteiger partial charge in [-0.05, 0) is 43.9 Å². The lowest BCUT2D eigenvalue weighted by Crippen LogP contribution is -2.47. The topological polar surface area (TPSA) is 87.4 Å². The molecule has 0 radical (unpaired) electrons. The molecule has 144 valence electrons. The fourth-order valence-corrected chi connectivity index (χ4v) is 3.70. The first-order valence-electron chi connectivity index (χ1n) is 9.06. The number of rotatable bonds is 5. The van der Waals surface area contributed by atoms with Crippen molar-refractivity contribution in [1.29, 1.82) is 0 Å². The molecule has 1 heterocycles. The fraction of sp³-hybridized carbons (Fsp3) is 0.421. The molecular formula is C19H25ClN6O. The summed E-state index contributed by atoms with van der Waals surface area (Å²) in [7, 11) is 3.90. The van der Waals surface area contributed by atoms with Gasteiger partial charge in [-0.25, -0.2) is 9.78 Å². The number of primary amides is 1. The number of amides is 2. The third-order valence-corrected chi connectivity index (χ3v) is 5.16. The molecule has 0 aliphatic heterocycles. The number of urea groups is 1. The number of hydrogen-bond donors (Lipinski definition) is 2. The summed E-state index contributed by atoms with van der Waals surface area (Å²) in [6.45, 7) is 0. The Morgan fingerprint density at radius 2 is 1.89 bits per heavy atom. The maximum Gasteiger partial charge on any atom is 0.319 e. The molecular weight excluding hydrogens is 364 g/mol. The molecule has 1 saturated carbocycles. The zero-order valence-electron chi connectivity index (χ0n) is 15.6. The summed E-state index contributed by atoms with van der Waals surface area (Å²) in [4.78, 5) is 24.5. The Labute approximate surface area is 164 Å². The van der Waals surface area contributed by atoms with Gasteiger partial charge < -0.3 is 16.0 Å². The maximum absolute atomic E-state index is 12.1. The highest BCUT2D eigenvalue weighted by Crippen LogP contribution is 2.32. The van der Waals surface area contributed by atoms with Crippen molar-refractivity contribution in [3.05, 3.63) is 41.6 Å². The zero-order chi connectivity index (χ0) is 19.4. The number of halogens is 1. The SMILES string of the molecule is CN(C)c1ccnc(N[C@H]2CC[C@@H](N(C(N)=O)c3ccccc3Cl)CC2)n1. The van der Waals surface area contributed by atoms with E-state index in [-0.39, 0.29) is 12.1 Å². The number of benzene rings is 1. The van der Waals surface area contributed by atoms with Gasteiger partial charge in [0, 0.05) is 32.4 Å². The van der Waals surface area contributed by atoms with Gasteiger partial charge in [-0.15, -0.1) is 0 Å². The third-order valence-electron chi connectivity index (χ3n) is 4.84. The summed E-state index contributed by atoms with van der Waals surface area (Å²) in [5, 5.41) is 3.94. The Balaban J connectivity index is 1.65. The van der Waals surface area contributed by atoms with Crippen molar-refractivity contribution in [2.45, 2.75) is 37.8 Å². The first kappa shape index (κ1) is 19.2. The molecule has 0 atom stereocenters. The van der Waals surface area contributed by atoms with Gasteiger partial charge in [0.25, 0.3) is 0 Å². The van der Waals surface area contributed by atoms with E-state index in [0.717, 1.165) is 31.5 Å². The van der Waals surface area contributed by atoms with Crippen LogP contribution in [0.2, 0.25) is 5.02 Å². The van der Waals surface area contributed by atoms with Gasteiger partial charge in [-0.2, -0.15) is 4.98 Å². The van der Waals surface area contributed by atoms with Crippen molar-refractivity contribution in [3.8, 4) is 0 Å². The van der Waals surface area contributed by atoms with Crippen molar-refractivity contribution < 1.29 is 4.79 Å². The minimum atomic E-state index is -0.471. The molecule has 0 unspecified atom stereocenters. The predicted octanol–water partition coefficient (Wildman–Crippen LogP) is 3.50. The molecule has 27 heavy (non-hydrogen) atoms. The monoisotopic (exact) mass is 388 g/mol. The minimum Gasteiger partial charge on any atom is -0.363 e. The van der Waals surface area contributed by atoms with Crippen LogP contribution in [0.1, 0.15) is 25.7 Å². The summed E-state index contributed by atoms with van der Waals surface area (Å²) in [6.07, 6.45) is 5.21. The van der Waals surface area contributed by atoms with Crippen LogP contribution < -0.4 is 20.9 Å². The van der Waals surface area contributed by atoms with E-state index in [1.54, 1.807) is 17.2 Å². The Morgan fingerprint density at radius 1 is 1.19 bits per heavy atom. The van der Waals surface area contributed by atoms with Crippen LogP contribution in [0.4, 0.5) is 22.2 Å². The lowest BCUT2D eigenvalue weighted by molar-refractivity contribution is 0.248. The molecule has 0 bridgehead atoms. The highest BCUT2D eigenvalue weighted by atomic mass is 35.5. The number of nitrogens with one attached hydrogen (secondary N) is 1. The van der Waals surface area contributed by atoms with Crippen molar-refractivity contribution in [2.24, 2.45) is 5.73 Å². The summed E-state index contributed by atoms with van der Waals surface area (Å²) >= 11 is 6.28. The number of para-hydroxylation sites is 1. The molecule has 3 N–H and O–H groups in total. The van der Waals surface area contributed by atoms with Gasteiger partial charge in [0.05, 0.1) is 10.7 Å². The van der Waals surface area contributed by atoms with Crippen LogP contribution in [0.3, 0.4) is 0 Å². The molecule has 2 aromatic rings. The minimum absolute atomic E-state index is 0.0366. The lowest BCUT2D eigenvalue weighted by atomic mass is 9.90.